The molecule has 2 aliphatic heterocycles. The summed E-state index contributed by atoms with van der Waals surface area (Å²) >= 11 is 0. The van der Waals surface area contributed by atoms with Crippen LogP contribution in [0.2, 0.25) is 0 Å². The molecule has 2 unspecified atom stereocenters. The molecule has 0 aromatic rings. The zero-order chi connectivity index (χ0) is 20.5. The predicted octanol–water partition coefficient (Wildman–Crippen LogP) is 0.540. The molecule has 28 heavy (non-hydrogen) atoms. The molecule has 11 nitrogen and oxygen atoms in total. The number of carbonyl (C=O) groups excluding carboxylic acids is 1. The maximum absolute atomic E-state index is 13.1. The summed E-state index contributed by atoms with van der Waals surface area (Å²) in [5.74, 6) is -1.50. The Bertz CT molecular complexity index is 733. The fourth-order valence-corrected chi connectivity index (χ4v) is 4.68. The second kappa shape index (κ2) is 7.46. The fourth-order valence-electron chi connectivity index (χ4n) is 4.68. The summed E-state index contributed by atoms with van der Waals surface area (Å²) in [4.78, 5) is 50.0. The molecule has 2 fully saturated rings. The van der Waals surface area contributed by atoms with Crippen LogP contribution >= 0.6 is 0 Å². The second-order valence-corrected chi connectivity index (χ2v) is 7.98. The Hall–Kier alpha value is -2.56. The van der Waals surface area contributed by atoms with Crippen LogP contribution in [-0.2, 0) is 9.59 Å². The van der Waals surface area contributed by atoms with Crippen molar-refractivity contribution in [2.24, 2.45) is 0 Å². The molecule has 2 bridgehead atoms. The van der Waals surface area contributed by atoms with E-state index in [4.69, 9.17) is 5.11 Å². The minimum absolute atomic E-state index is 0.0110. The number of carbonyl (C=O) groups is 2. The third-order valence-corrected chi connectivity index (χ3v) is 6.06. The summed E-state index contributed by atoms with van der Waals surface area (Å²) < 4.78 is 0. The number of amides is 1. The molecule has 11 heteroatoms. The molecule has 1 aliphatic carbocycles. The Balaban J connectivity index is 1.98. The van der Waals surface area contributed by atoms with Crippen LogP contribution in [0.4, 0.5) is 0 Å². The van der Waals surface area contributed by atoms with E-state index in [1.807, 2.05) is 0 Å². The van der Waals surface area contributed by atoms with Crippen molar-refractivity contribution in [2.45, 2.75) is 49.6 Å². The van der Waals surface area contributed by atoms with E-state index >= 15 is 0 Å². The van der Waals surface area contributed by atoms with Gasteiger partial charge in [-0.1, -0.05) is 6.08 Å². The number of nitro groups is 2. The van der Waals surface area contributed by atoms with Crippen molar-refractivity contribution in [2.75, 3.05) is 32.7 Å². The SMILES string of the molecule is O=C(O)CCN1CC2([N+](=O)[O-])CC=C(C(=O)N3CCCCC3)C([N+](=O)[O-])(C1)C2. The van der Waals surface area contributed by atoms with Crippen molar-refractivity contribution in [3.8, 4) is 0 Å². The zero-order valence-corrected chi connectivity index (χ0v) is 15.5. The number of carboxylic acids is 1. The molecule has 3 rings (SSSR count). The van der Waals surface area contributed by atoms with Gasteiger partial charge in [0, 0.05) is 35.9 Å². The summed E-state index contributed by atoms with van der Waals surface area (Å²) in [6, 6.07) is 0. The van der Waals surface area contributed by atoms with Crippen molar-refractivity contribution in [1.82, 2.24) is 9.80 Å². The monoisotopic (exact) mass is 396 g/mol. The van der Waals surface area contributed by atoms with E-state index in [0.717, 1.165) is 19.3 Å². The van der Waals surface area contributed by atoms with E-state index < -0.39 is 32.8 Å². The maximum Gasteiger partial charge on any atom is 0.304 e. The Morgan fingerprint density at radius 1 is 1.11 bits per heavy atom. The van der Waals surface area contributed by atoms with Crippen molar-refractivity contribution in [3.63, 3.8) is 0 Å². The van der Waals surface area contributed by atoms with Gasteiger partial charge in [-0.3, -0.25) is 34.7 Å². The minimum atomic E-state index is -1.89. The average Bonchev–Trinajstić information content (AvgIpc) is 2.66. The summed E-state index contributed by atoms with van der Waals surface area (Å²) in [5.41, 5.74) is -3.47. The quantitative estimate of drug-likeness (QED) is 0.505. The molecule has 2 heterocycles. The van der Waals surface area contributed by atoms with Crippen LogP contribution in [0, 0.1) is 20.2 Å². The van der Waals surface area contributed by atoms with Crippen molar-refractivity contribution in [3.05, 3.63) is 31.9 Å². The van der Waals surface area contributed by atoms with Crippen molar-refractivity contribution < 1.29 is 24.5 Å². The Morgan fingerprint density at radius 2 is 1.79 bits per heavy atom. The summed E-state index contributed by atoms with van der Waals surface area (Å²) in [6.45, 7) is 0.741. The van der Waals surface area contributed by atoms with Crippen molar-refractivity contribution in [1.29, 1.82) is 0 Å². The average molecular weight is 396 g/mol. The highest BCUT2D eigenvalue weighted by Crippen LogP contribution is 2.45. The fraction of sp³-hybridized carbons (Fsp3) is 0.765. The molecular formula is C17H24N4O7. The summed E-state index contributed by atoms with van der Waals surface area (Å²) in [7, 11) is 0. The van der Waals surface area contributed by atoms with E-state index in [2.05, 4.69) is 0 Å². The lowest BCUT2D eigenvalue weighted by molar-refractivity contribution is -0.620. The van der Waals surface area contributed by atoms with Crippen LogP contribution in [0.15, 0.2) is 11.6 Å². The molecule has 0 aromatic carbocycles. The Labute approximate surface area is 161 Å². The summed E-state index contributed by atoms with van der Waals surface area (Å²) in [6.07, 6.45) is 3.34. The standard InChI is InChI=1S/C17H24N4O7/c22-14(23)5-9-18-11-16(20(25)26)6-4-13(17(10-16,12-18)21(27)28)15(24)19-7-2-1-3-8-19/h4H,1-3,5-12H2,(H,22,23). The van der Waals surface area contributed by atoms with Gasteiger partial charge >= 0.3 is 5.97 Å². The van der Waals surface area contributed by atoms with Gasteiger partial charge in [0.05, 0.1) is 31.5 Å². The molecule has 2 atom stereocenters. The number of fused-ring (bicyclic) bond motifs is 2. The third kappa shape index (κ3) is 3.46. The largest absolute Gasteiger partial charge is 0.481 e. The van der Waals surface area contributed by atoms with Crippen molar-refractivity contribution >= 4 is 11.9 Å². The first kappa shape index (κ1) is 20.2. The zero-order valence-electron chi connectivity index (χ0n) is 15.5. The molecule has 0 aromatic heterocycles. The highest BCUT2D eigenvalue weighted by atomic mass is 16.6. The van der Waals surface area contributed by atoms with E-state index in [1.165, 1.54) is 11.0 Å². The van der Waals surface area contributed by atoms with Gasteiger partial charge in [-0.25, -0.2) is 0 Å². The topological polar surface area (TPSA) is 147 Å². The van der Waals surface area contributed by atoms with Gasteiger partial charge in [0.15, 0.2) is 0 Å². The minimum Gasteiger partial charge on any atom is -0.481 e. The van der Waals surface area contributed by atoms with Crippen LogP contribution in [0.1, 0.15) is 38.5 Å². The van der Waals surface area contributed by atoms with E-state index in [1.54, 1.807) is 4.90 Å². The van der Waals surface area contributed by atoms with Crippen LogP contribution in [0.25, 0.3) is 0 Å². The number of rotatable bonds is 6. The van der Waals surface area contributed by atoms with Gasteiger partial charge in [0.2, 0.25) is 5.54 Å². The first-order chi connectivity index (χ1) is 13.2. The molecule has 3 aliphatic rings. The lowest BCUT2D eigenvalue weighted by Crippen LogP contribution is -2.68. The molecule has 0 radical (unpaired) electrons. The summed E-state index contributed by atoms with van der Waals surface area (Å²) in [5, 5.41) is 32.9. The third-order valence-electron chi connectivity index (χ3n) is 6.06. The number of aliphatic carboxylic acids is 1. The first-order valence-corrected chi connectivity index (χ1v) is 9.43. The molecule has 1 N–H and O–H groups in total. The van der Waals surface area contributed by atoms with Crippen LogP contribution in [-0.4, -0.2) is 80.4 Å². The van der Waals surface area contributed by atoms with E-state index in [0.29, 0.717) is 13.1 Å². The highest BCUT2D eigenvalue weighted by Gasteiger charge is 2.67. The number of nitrogens with zero attached hydrogens (tertiary/aromatic N) is 4. The molecule has 0 spiro atoms. The number of hydrogen-bond donors (Lipinski definition) is 1. The second-order valence-electron chi connectivity index (χ2n) is 7.98. The Morgan fingerprint density at radius 3 is 2.36 bits per heavy atom. The van der Waals surface area contributed by atoms with Gasteiger partial charge in [-0.2, -0.15) is 0 Å². The normalized spacial score (nSPS) is 30.4. The Kier molecular flexibility index (Phi) is 5.37. The number of hydrogen-bond acceptors (Lipinski definition) is 7. The molecule has 154 valence electrons. The lowest BCUT2D eigenvalue weighted by atomic mass is 9.67. The van der Waals surface area contributed by atoms with Gasteiger partial charge in [0.1, 0.15) is 0 Å². The maximum atomic E-state index is 13.1. The van der Waals surface area contributed by atoms with Crippen LogP contribution < -0.4 is 0 Å². The van der Waals surface area contributed by atoms with Gasteiger partial charge in [-0.15, -0.1) is 0 Å². The molecule has 0 saturated carbocycles. The molecular weight excluding hydrogens is 372 g/mol. The van der Waals surface area contributed by atoms with Crippen LogP contribution in [0.5, 0.6) is 0 Å². The van der Waals surface area contributed by atoms with Gasteiger partial charge in [-0.05, 0) is 19.3 Å². The predicted molar refractivity (Wildman–Crippen MR) is 95.9 cm³/mol. The highest BCUT2D eigenvalue weighted by molar-refractivity contribution is 5.96. The molecule has 2 saturated heterocycles. The van der Waals surface area contributed by atoms with E-state index in [9.17, 15) is 29.8 Å². The lowest BCUT2D eigenvalue weighted by Gasteiger charge is -2.46. The number of piperidine rings is 2. The first-order valence-electron chi connectivity index (χ1n) is 9.43. The van der Waals surface area contributed by atoms with E-state index in [-0.39, 0.29) is 44.5 Å². The smallest absolute Gasteiger partial charge is 0.304 e. The van der Waals surface area contributed by atoms with Gasteiger partial charge in [0.25, 0.3) is 11.4 Å². The molecule has 1 amide bonds. The van der Waals surface area contributed by atoms with Gasteiger partial charge < -0.3 is 10.0 Å². The number of carboxylic acid groups (broad SMARTS) is 1. The number of likely N-dealkylation sites (tertiary alicyclic amines) is 2. The van der Waals surface area contributed by atoms with Crippen LogP contribution in [0.3, 0.4) is 0 Å².